The molecule has 1 aromatic carbocycles. The molecule has 0 aromatic heterocycles. The van der Waals surface area contributed by atoms with Crippen molar-refractivity contribution in [3.63, 3.8) is 0 Å². The summed E-state index contributed by atoms with van der Waals surface area (Å²) in [6, 6.07) is 6.15. The zero-order valence-electron chi connectivity index (χ0n) is 5.98. The van der Waals surface area contributed by atoms with Gasteiger partial charge in [0, 0.05) is 4.90 Å². The Kier molecular flexibility index (Phi) is 2.36. The molecule has 0 radical (unpaired) electrons. The maximum Gasteiger partial charge on any atom is 0.337 e. The second kappa shape index (κ2) is 3.28. The average Bonchev–Trinajstić information content (AvgIpc) is 2.04. The molecule has 0 fully saturated rings. The summed E-state index contributed by atoms with van der Waals surface area (Å²) in [7, 11) is 0. The summed E-state index contributed by atoms with van der Waals surface area (Å²) in [6.07, 6.45) is 0. The number of carboxylic acid groups (broad SMARTS) is 1. The summed E-state index contributed by atoms with van der Waals surface area (Å²) in [5, 5.41) is 17.2. The van der Waals surface area contributed by atoms with Crippen LogP contribution in [0.5, 0.6) is 0 Å². The first-order valence-electron chi connectivity index (χ1n) is 3.11. The van der Waals surface area contributed by atoms with Gasteiger partial charge in [-0.2, -0.15) is 5.26 Å². The number of carbonyl (C=O) groups is 1. The highest BCUT2D eigenvalue weighted by molar-refractivity contribution is 7.80. The smallest absolute Gasteiger partial charge is 0.337 e. The van der Waals surface area contributed by atoms with Crippen molar-refractivity contribution in [1.82, 2.24) is 0 Å². The van der Waals surface area contributed by atoms with Crippen molar-refractivity contribution in [3.8, 4) is 6.07 Å². The van der Waals surface area contributed by atoms with Crippen LogP contribution in [0.1, 0.15) is 15.9 Å². The molecule has 0 bridgehead atoms. The number of nitriles is 1. The molecule has 0 aliphatic rings. The molecule has 0 atom stereocenters. The second-order valence-corrected chi connectivity index (χ2v) is 2.66. The quantitative estimate of drug-likeness (QED) is 0.643. The average molecular weight is 179 g/mol. The van der Waals surface area contributed by atoms with E-state index in [9.17, 15) is 4.79 Å². The van der Waals surface area contributed by atoms with E-state index < -0.39 is 5.97 Å². The molecular formula is C8H5NO2S. The van der Waals surface area contributed by atoms with E-state index in [1.165, 1.54) is 12.1 Å². The Balaban J connectivity index is 3.34. The van der Waals surface area contributed by atoms with Gasteiger partial charge in [0.05, 0.1) is 11.1 Å². The molecule has 0 unspecified atom stereocenters. The molecule has 3 nitrogen and oxygen atoms in total. The second-order valence-electron chi connectivity index (χ2n) is 2.15. The number of nitrogens with zero attached hydrogens (tertiary/aromatic N) is 1. The van der Waals surface area contributed by atoms with E-state index in [0.717, 1.165) is 0 Å². The van der Waals surface area contributed by atoms with Crippen LogP contribution in [0, 0.1) is 11.3 Å². The first-order valence-corrected chi connectivity index (χ1v) is 3.56. The molecule has 12 heavy (non-hydrogen) atoms. The molecule has 0 saturated carbocycles. The van der Waals surface area contributed by atoms with Crippen molar-refractivity contribution >= 4 is 18.6 Å². The highest BCUT2D eigenvalue weighted by Crippen LogP contribution is 2.13. The molecule has 1 aromatic rings. The number of hydrogen-bond donors (Lipinski definition) is 2. The van der Waals surface area contributed by atoms with E-state index in [1.54, 1.807) is 12.1 Å². The van der Waals surface area contributed by atoms with Gasteiger partial charge in [0.1, 0.15) is 6.07 Å². The Morgan fingerprint density at radius 3 is 2.75 bits per heavy atom. The summed E-state index contributed by atoms with van der Waals surface area (Å²) in [6.45, 7) is 0. The predicted molar refractivity (Wildman–Crippen MR) is 45.4 cm³/mol. The Bertz CT molecular complexity index is 368. The molecule has 1 rings (SSSR count). The predicted octanol–water partition coefficient (Wildman–Crippen LogP) is 1.55. The van der Waals surface area contributed by atoms with Crippen molar-refractivity contribution in [3.05, 3.63) is 29.3 Å². The Hall–Kier alpha value is -1.47. The van der Waals surface area contributed by atoms with Gasteiger partial charge in [-0.25, -0.2) is 4.79 Å². The van der Waals surface area contributed by atoms with Crippen molar-refractivity contribution in [2.24, 2.45) is 0 Å². The lowest BCUT2D eigenvalue weighted by Gasteiger charge is -1.97. The van der Waals surface area contributed by atoms with E-state index in [-0.39, 0.29) is 11.1 Å². The molecule has 0 spiro atoms. The first-order chi connectivity index (χ1) is 5.65. The third-order valence-corrected chi connectivity index (χ3v) is 1.63. The summed E-state index contributed by atoms with van der Waals surface area (Å²) in [5.41, 5.74) is 0.144. The van der Waals surface area contributed by atoms with Gasteiger partial charge in [0.2, 0.25) is 0 Å². The molecule has 0 amide bonds. The number of benzene rings is 1. The number of thiol groups is 1. The molecule has 1 N–H and O–H groups in total. The van der Waals surface area contributed by atoms with E-state index in [4.69, 9.17) is 10.4 Å². The summed E-state index contributed by atoms with van der Waals surface area (Å²) < 4.78 is 0. The van der Waals surface area contributed by atoms with Gasteiger partial charge in [-0.1, -0.05) is 0 Å². The minimum Gasteiger partial charge on any atom is -0.478 e. The minimum atomic E-state index is -1.11. The maximum atomic E-state index is 10.5. The van der Waals surface area contributed by atoms with Crippen LogP contribution >= 0.6 is 12.6 Å². The summed E-state index contributed by atoms with van der Waals surface area (Å²) >= 11 is 3.96. The van der Waals surface area contributed by atoms with E-state index in [2.05, 4.69) is 12.6 Å². The van der Waals surface area contributed by atoms with Crippen molar-refractivity contribution in [2.75, 3.05) is 0 Å². The highest BCUT2D eigenvalue weighted by atomic mass is 32.1. The number of rotatable bonds is 1. The van der Waals surface area contributed by atoms with Crippen LogP contribution in [0.4, 0.5) is 0 Å². The molecule has 0 heterocycles. The molecular weight excluding hydrogens is 174 g/mol. The number of aromatic carboxylic acids is 1. The van der Waals surface area contributed by atoms with Crippen LogP contribution in [0.3, 0.4) is 0 Å². The molecule has 4 heteroatoms. The molecule has 0 saturated heterocycles. The normalized spacial score (nSPS) is 9.00. The lowest BCUT2D eigenvalue weighted by atomic mass is 10.1. The van der Waals surface area contributed by atoms with Gasteiger partial charge < -0.3 is 5.11 Å². The van der Waals surface area contributed by atoms with E-state index in [1.807, 2.05) is 0 Å². The topological polar surface area (TPSA) is 61.1 Å². The van der Waals surface area contributed by atoms with Crippen LogP contribution in [0.25, 0.3) is 0 Å². The van der Waals surface area contributed by atoms with Crippen LogP contribution in [0.2, 0.25) is 0 Å². The Labute approximate surface area is 74.7 Å². The molecule has 60 valence electrons. The van der Waals surface area contributed by atoms with Gasteiger partial charge in [0.25, 0.3) is 0 Å². The van der Waals surface area contributed by atoms with Crippen molar-refractivity contribution in [1.29, 1.82) is 5.26 Å². The number of hydrogen-bond acceptors (Lipinski definition) is 3. The van der Waals surface area contributed by atoms with Crippen molar-refractivity contribution in [2.45, 2.75) is 4.90 Å². The third kappa shape index (κ3) is 1.57. The van der Waals surface area contributed by atoms with Crippen LogP contribution in [-0.2, 0) is 0 Å². The third-order valence-electron chi connectivity index (χ3n) is 1.35. The van der Waals surface area contributed by atoms with Crippen LogP contribution in [-0.4, -0.2) is 11.1 Å². The summed E-state index contributed by atoms with van der Waals surface area (Å²) in [5.74, 6) is -1.11. The fourth-order valence-corrected chi connectivity index (χ4v) is 1.01. The van der Waals surface area contributed by atoms with Gasteiger partial charge in [0.15, 0.2) is 0 Å². The summed E-state index contributed by atoms with van der Waals surface area (Å²) in [4.78, 5) is 11.1. The number of carboxylic acids is 1. The van der Waals surface area contributed by atoms with Gasteiger partial charge >= 0.3 is 5.97 Å². The zero-order chi connectivity index (χ0) is 9.14. The SMILES string of the molecule is N#Cc1ccc(S)cc1C(=O)O. The first kappa shape index (κ1) is 8.62. The van der Waals surface area contributed by atoms with Crippen LogP contribution < -0.4 is 0 Å². The Morgan fingerprint density at radius 2 is 2.25 bits per heavy atom. The molecule has 0 aliphatic carbocycles. The van der Waals surface area contributed by atoms with Gasteiger partial charge in [-0.3, -0.25) is 0 Å². The lowest BCUT2D eigenvalue weighted by Crippen LogP contribution is -1.99. The van der Waals surface area contributed by atoms with Gasteiger partial charge in [-0.05, 0) is 18.2 Å². The van der Waals surface area contributed by atoms with Gasteiger partial charge in [-0.15, -0.1) is 12.6 Å². The Morgan fingerprint density at radius 1 is 1.58 bits per heavy atom. The highest BCUT2D eigenvalue weighted by Gasteiger charge is 2.08. The maximum absolute atomic E-state index is 10.5. The lowest BCUT2D eigenvalue weighted by molar-refractivity contribution is 0.0696. The fourth-order valence-electron chi connectivity index (χ4n) is 0.807. The largest absolute Gasteiger partial charge is 0.478 e. The van der Waals surface area contributed by atoms with E-state index >= 15 is 0 Å². The minimum absolute atomic E-state index is 0.00926. The zero-order valence-corrected chi connectivity index (χ0v) is 6.88. The van der Waals surface area contributed by atoms with Crippen LogP contribution in [0.15, 0.2) is 23.1 Å². The fraction of sp³-hybridized carbons (Fsp3) is 0. The standard InChI is InChI=1S/C8H5NO2S/c9-4-5-1-2-6(12)3-7(5)8(10)11/h1-3,12H,(H,10,11). The van der Waals surface area contributed by atoms with E-state index in [0.29, 0.717) is 4.90 Å². The molecule has 0 aliphatic heterocycles. The monoisotopic (exact) mass is 179 g/mol. The van der Waals surface area contributed by atoms with Crippen molar-refractivity contribution < 1.29 is 9.90 Å².